The molecule has 0 bridgehead atoms. The fourth-order valence-corrected chi connectivity index (χ4v) is 9.00. The van der Waals surface area contributed by atoms with Gasteiger partial charge >= 0.3 is 0 Å². The Morgan fingerprint density at radius 2 is 0.859 bits per heavy atom. The van der Waals surface area contributed by atoms with Crippen molar-refractivity contribution in [2.75, 3.05) is 40.9 Å². The minimum Gasteiger partial charge on any atom is -0.756 e. The quantitative estimate of drug-likeness (QED) is 0.0272. The highest BCUT2D eigenvalue weighted by Crippen LogP contribution is 2.38. The van der Waals surface area contributed by atoms with Crippen LogP contribution < -0.4 is 10.2 Å². The van der Waals surface area contributed by atoms with Gasteiger partial charge in [-0.3, -0.25) is 9.36 Å². The van der Waals surface area contributed by atoms with Crippen molar-refractivity contribution in [3.05, 3.63) is 85.1 Å². The van der Waals surface area contributed by atoms with Crippen LogP contribution in [0, 0.1) is 0 Å². The summed E-state index contributed by atoms with van der Waals surface area (Å²) in [5.41, 5.74) is 0. The Morgan fingerprint density at radius 1 is 0.507 bits per heavy atom. The summed E-state index contributed by atoms with van der Waals surface area (Å²) in [5.74, 6) is -0.222. The van der Waals surface area contributed by atoms with Crippen molar-refractivity contribution >= 4 is 13.7 Å². The van der Waals surface area contributed by atoms with Crippen LogP contribution in [0.15, 0.2) is 85.1 Å². The number of phosphoric acid groups is 1. The van der Waals surface area contributed by atoms with E-state index in [0.717, 1.165) is 89.9 Å². The van der Waals surface area contributed by atoms with Crippen LogP contribution in [0.5, 0.6) is 0 Å². The van der Waals surface area contributed by atoms with Crippen molar-refractivity contribution in [3.63, 3.8) is 0 Å². The molecule has 3 unspecified atom stereocenters. The number of quaternary nitrogens is 1. The number of aliphatic hydroxyl groups excluding tert-OH is 1. The SMILES string of the molecule is CC/C=C\C/C=C\C/C=C\C/C=C\C/C=C\C/C=C\CCCCCCC(=O)NC(COP(=O)([O-])OCC[N+](C)(C)C)C(O)/C=C/CCCCCCCCCCCCCCCCCCCCCCCCCC. The maximum absolute atomic E-state index is 13.0. The van der Waals surface area contributed by atoms with Gasteiger partial charge in [0.05, 0.1) is 39.9 Å². The molecular weight excluding hydrogens is 900 g/mol. The van der Waals surface area contributed by atoms with E-state index in [1.54, 1.807) is 6.08 Å². The summed E-state index contributed by atoms with van der Waals surface area (Å²) in [6.07, 6.45) is 73.8. The molecule has 0 aliphatic rings. The first-order valence-electron chi connectivity index (χ1n) is 29.4. The van der Waals surface area contributed by atoms with Crippen LogP contribution >= 0.6 is 7.82 Å². The lowest BCUT2D eigenvalue weighted by atomic mass is 10.0. The van der Waals surface area contributed by atoms with Gasteiger partial charge in [0.1, 0.15) is 13.2 Å². The lowest BCUT2D eigenvalue weighted by molar-refractivity contribution is -0.870. The van der Waals surface area contributed by atoms with Crippen LogP contribution in [-0.2, 0) is 18.4 Å². The van der Waals surface area contributed by atoms with Gasteiger partial charge in [0.15, 0.2) is 0 Å². The van der Waals surface area contributed by atoms with Gasteiger partial charge in [-0.15, -0.1) is 0 Å². The second kappa shape index (κ2) is 52.5. The zero-order chi connectivity index (χ0) is 52.0. The number of nitrogens with zero attached hydrogens (tertiary/aromatic N) is 1. The van der Waals surface area contributed by atoms with Gasteiger partial charge in [-0.05, 0) is 70.6 Å². The molecule has 0 saturated carbocycles. The molecule has 0 aliphatic carbocycles. The third-order valence-corrected chi connectivity index (χ3v) is 13.8. The highest BCUT2D eigenvalue weighted by atomic mass is 31.2. The van der Waals surface area contributed by atoms with E-state index in [1.165, 1.54) is 141 Å². The smallest absolute Gasteiger partial charge is 0.268 e. The Kier molecular flexibility index (Phi) is 50.8. The molecule has 0 spiro atoms. The average molecular weight is 1010 g/mol. The topological polar surface area (TPSA) is 108 Å². The fourth-order valence-electron chi connectivity index (χ4n) is 8.28. The van der Waals surface area contributed by atoms with Crippen molar-refractivity contribution in [3.8, 4) is 0 Å². The van der Waals surface area contributed by atoms with Crippen LogP contribution in [0.25, 0.3) is 0 Å². The highest BCUT2D eigenvalue weighted by Gasteiger charge is 2.23. The Hall–Kier alpha value is -2.32. The number of unbranched alkanes of at least 4 members (excludes halogenated alkanes) is 28. The summed E-state index contributed by atoms with van der Waals surface area (Å²) in [6, 6.07) is -0.907. The summed E-state index contributed by atoms with van der Waals surface area (Å²) >= 11 is 0. The summed E-state index contributed by atoms with van der Waals surface area (Å²) in [6.45, 7) is 4.53. The second-order valence-corrected chi connectivity index (χ2v) is 22.4. The molecule has 71 heavy (non-hydrogen) atoms. The maximum atomic E-state index is 13.0. The number of phosphoric ester groups is 1. The Morgan fingerprint density at radius 3 is 1.25 bits per heavy atom. The number of likely N-dealkylation sites (N-methyl/N-ethyl adjacent to an activating group) is 1. The van der Waals surface area contributed by atoms with E-state index in [0.29, 0.717) is 17.4 Å². The summed E-state index contributed by atoms with van der Waals surface area (Å²) in [5, 5.41) is 13.9. The van der Waals surface area contributed by atoms with Crippen molar-refractivity contribution in [1.82, 2.24) is 5.32 Å². The lowest BCUT2D eigenvalue weighted by Gasteiger charge is -2.29. The van der Waals surface area contributed by atoms with Crippen LogP contribution in [0.2, 0.25) is 0 Å². The van der Waals surface area contributed by atoms with Crippen molar-refractivity contribution < 1.29 is 32.9 Å². The lowest BCUT2D eigenvalue weighted by Crippen LogP contribution is -2.45. The summed E-state index contributed by atoms with van der Waals surface area (Å²) < 4.78 is 23.4. The first-order chi connectivity index (χ1) is 34.5. The van der Waals surface area contributed by atoms with E-state index < -0.39 is 26.6 Å². The third kappa shape index (κ3) is 55.3. The van der Waals surface area contributed by atoms with Crippen LogP contribution in [0.4, 0.5) is 0 Å². The minimum atomic E-state index is -4.61. The number of hydrogen-bond donors (Lipinski definition) is 2. The number of hydrogen-bond acceptors (Lipinski definition) is 6. The molecule has 0 saturated heterocycles. The van der Waals surface area contributed by atoms with Gasteiger partial charge in [-0.2, -0.15) is 0 Å². The van der Waals surface area contributed by atoms with E-state index in [4.69, 9.17) is 9.05 Å². The zero-order valence-electron chi connectivity index (χ0n) is 46.9. The van der Waals surface area contributed by atoms with Crippen molar-refractivity contribution in [2.45, 2.75) is 264 Å². The van der Waals surface area contributed by atoms with Crippen LogP contribution in [0.1, 0.15) is 251 Å². The molecule has 0 aliphatic heterocycles. The number of nitrogens with one attached hydrogen (secondary N) is 1. The Bertz CT molecular complexity index is 1430. The van der Waals surface area contributed by atoms with E-state index in [9.17, 15) is 19.4 Å². The van der Waals surface area contributed by atoms with E-state index in [-0.39, 0.29) is 12.5 Å². The summed E-state index contributed by atoms with van der Waals surface area (Å²) in [7, 11) is 1.23. The number of carbonyl (C=O) groups is 1. The summed E-state index contributed by atoms with van der Waals surface area (Å²) in [4.78, 5) is 25.5. The predicted octanol–water partition coefficient (Wildman–Crippen LogP) is 17.4. The van der Waals surface area contributed by atoms with Gasteiger partial charge in [-0.25, -0.2) is 0 Å². The molecule has 8 nitrogen and oxygen atoms in total. The van der Waals surface area contributed by atoms with Gasteiger partial charge in [0, 0.05) is 6.42 Å². The molecule has 1 amide bonds. The molecule has 0 aromatic rings. The molecule has 0 heterocycles. The molecule has 412 valence electrons. The number of amides is 1. The van der Waals surface area contributed by atoms with Crippen LogP contribution in [0.3, 0.4) is 0 Å². The molecule has 3 atom stereocenters. The molecule has 0 aromatic heterocycles. The predicted molar refractivity (Wildman–Crippen MR) is 307 cm³/mol. The van der Waals surface area contributed by atoms with Crippen molar-refractivity contribution in [2.24, 2.45) is 0 Å². The molecule has 0 rings (SSSR count). The molecule has 0 fully saturated rings. The Labute approximate surface area is 439 Å². The third-order valence-electron chi connectivity index (χ3n) is 12.9. The number of carbonyl (C=O) groups excluding carboxylic acids is 1. The zero-order valence-corrected chi connectivity index (χ0v) is 47.8. The molecule has 9 heteroatoms. The van der Waals surface area contributed by atoms with Crippen molar-refractivity contribution in [1.29, 1.82) is 0 Å². The second-order valence-electron chi connectivity index (χ2n) is 21.0. The monoisotopic (exact) mass is 1010 g/mol. The van der Waals surface area contributed by atoms with Gasteiger partial charge in [-0.1, -0.05) is 259 Å². The highest BCUT2D eigenvalue weighted by molar-refractivity contribution is 7.45. The molecule has 0 aromatic carbocycles. The Balaban J connectivity index is 4.27. The van der Waals surface area contributed by atoms with Gasteiger partial charge in [0.25, 0.3) is 7.82 Å². The maximum Gasteiger partial charge on any atom is 0.268 e. The minimum absolute atomic E-state index is 0.0105. The molecule has 0 radical (unpaired) electrons. The van der Waals surface area contributed by atoms with Gasteiger partial charge < -0.3 is 28.8 Å². The fraction of sp³-hybridized carbons (Fsp3) is 0.758. The number of aliphatic hydroxyl groups is 1. The molecular formula is C62H113N2O6P. The van der Waals surface area contributed by atoms with E-state index in [1.807, 2.05) is 27.2 Å². The first-order valence-corrected chi connectivity index (χ1v) is 30.9. The molecule has 2 N–H and O–H groups in total. The van der Waals surface area contributed by atoms with E-state index >= 15 is 0 Å². The number of rotatable bonds is 53. The average Bonchev–Trinajstić information content (AvgIpc) is 3.33. The van der Waals surface area contributed by atoms with E-state index in [2.05, 4.69) is 92.1 Å². The standard InChI is InChI=1S/C62H113N2O6P/c1-6-8-10-12-14-16-18-20-22-24-26-28-30-31-32-34-35-37-39-41-43-45-47-49-51-53-55-61(65)60(59-70-71(67,68)69-58-57-64(3,4)5)63-62(66)56-54-52-50-48-46-44-42-40-38-36-33-29-27-25-23-21-19-17-15-13-11-9-7-2/h9,11,15,17,21,23,27,29,36,38,42,44,53,55,60-61,65H,6-8,10,12-14,16,18-20,22,24-26,28,30-35,37,39-41,43,45-52,54,56-59H2,1-5H3,(H-,63,66,67,68)/b11-9-,17-15-,23-21-,29-27-,38-36-,44-42-,55-53+. The number of allylic oxidation sites excluding steroid dienone is 13. The van der Waals surface area contributed by atoms with Crippen LogP contribution in [-0.4, -0.2) is 68.5 Å². The normalized spacial score (nSPS) is 14.5. The first kappa shape index (κ1) is 68.7. The van der Waals surface area contributed by atoms with Gasteiger partial charge in [0.2, 0.25) is 5.91 Å². The largest absolute Gasteiger partial charge is 0.756 e.